The van der Waals surface area contributed by atoms with Crippen LogP contribution in [-0.2, 0) is 16.6 Å². The molecule has 6 heteroatoms. The van der Waals surface area contributed by atoms with Gasteiger partial charge in [0.05, 0.1) is 4.90 Å². The van der Waals surface area contributed by atoms with E-state index in [9.17, 15) is 12.8 Å². The van der Waals surface area contributed by atoms with Crippen LogP contribution in [0, 0.1) is 11.7 Å². The largest absolute Gasteiger partial charge is 0.326 e. The molecule has 0 unspecified atom stereocenters. The molecule has 0 radical (unpaired) electrons. The van der Waals surface area contributed by atoms with Crippen molar-refractivity contribution in [2.75, 3.05) is 13.1 Å². The molecule has 0 atom stereocenters. The quantitative estimate of drug-likeness (QED) is 0.866. The summed E-state index contributed by atoms with van der Waals surface area (Å²) in [6.07, 6.45) is 2.17. The number of halogens is 1. The van der Waals surface area contributed by atoms with Gasteiger partial charge in [-0.05, 0) is 37.0 Å². The fourth-order valence-electron chi connectivity index (χ4n) is 2.00. The smallest absolute Gasteiger partial charge is 0.243 e. The van der Waals surface area contributed by atoms with E-state index in [1.165, 1.54) is 22.5 Å². The van der Waals surface area contributed by atoms with Gasteiger partial charge in [0.2, 0.25) is 10.0 Å². The lowest BCUT2D eigenvalue weighted by atomic mass is 10.2. The van der Waals surface area contributed by atoms with Crippen LogP contribution < -0.4 is 5.73 Å². The third-order valence-electron chi connectivity index (χ3n) is 3.39. The Morgan fingerprint density at radius 3 is 2.63 bits per heavy atom. The number of hydrogen-bond donors (Lipinski definition) is 1. The molecule has 0 bridgehead atoms. The van der Waals surface area contributed by atoms with Gasteiger partial charge in [-0.15, -0.1) is 0 Å². The first-order chi connectivity index (χ1) is 8.98. The molecule has 1 fully saturated rings. The Balaban J connectivity index is 2.31. The van der Waals surface area contributed by atoms with Crippen LogP contribution in [0.25, 0.3) is 0 Å². The number of benzene rings is 1. The molecule has 2 N–H and O–H groups in total. The molecule has 106 valence electrons. The van der Waals surface area contributed by atoms with E-state index in [0.717, 1.165) is 12.8 Å². The van der Waals surface area contributed by atoms with Crippen LogP contribution in [0.5, 0.6) is 0 Å². The molecule has 0 spiro atoms. The SMILES string of the molecule is CCN(CC1CC1)S(=O)(=O)c1ccc(F)c(CN)c1. The number of nitrogens with zero attached hydrogens (tertiary/aromatic N) is 1. The molecule has 1 aromatic carbocycles. The molecule has 0 aromatic heterocycles. The summed E-state index contributed by atoms with van der Waals surface area (Å²) < 4.78 is 39.8. The molecule has 1 aliphatic carbocycles. The molecule has 1 aliphatic rings. The Labute approximate surface area is 113 Å². The second-order valence-electron chi connectivity index (χ2n) is 4.86. The zero-order valence-corrected chi connectivity index (χ0v) is 11.8. The number of hydrogen-bond acceptors (Lipinski definition) is 3. The van der Waals surface area contributed by atoms with Crippen molar-refractivity contribution in [2.24, 2.45) is 11.7 Å². The topological polar surface area (TPSA) is 63.4 Å². The molecule has 19 heavy (non-hydrogen) atoms. The lowest BCUT2D eigenvalue weighted by molar-refractivity contribution is 0.412. The third-order valence-corrected chi connectivity index (χ3v) is 5.32. The van der Waals surface area contributed by atoms with E-state index in [1.807, 2.05) is 6.92 Å². The van der Waals surface area contributed by atoms with Crippen molar-refractivity contribution in [2.45, 2.75) is 31.2 Å². The molecule has 0 amide bonds. The first-order valence-electron chi connectivity index (χ1n) is 6.47. The summed E-state index contributed by atoms with van der Waals surface area (Å²) in [6.45, 7) is 2.78. The molecule has 0 aliphatic heterocycles. The molecule has 1 aromatic rings. The summed E-state index contributed by atoms with van der Waals surface area (Å²) >= 11 is 0. The van der Waals surface area contributed by atoms with Gasteiger partial charge in [-0.25, -0.2) is 12.8 Å². The number of rotatable bonds is 6. The molecule has 1 saturated carbocycles. The zero-order chi connectivity index (χ0) is 14.0. The van der Waals surface area contributed by atoms with Gasteiger partial charge in [-0.3, -0.25) is 0 Å². The highest BCUT2D eigenvalue weighted by molar-refractivity contribution is 7.89. The van der Waals surface area contributed by atoms with E-state index < -0.39 is 15.8 Å². The first kappa shape index (κ1) is 14.4. The molecule has 0 saturated heterocycles. The van der Waals surface area contributed by atoms with Gasteiger partial charge >= 0.3 is 0 Å². The van der Waals surface area contributed by atoms with Crippen molar-refractivity contribution in [3.63, 3.8) is 0 Å². The monoisotopic (exact) mass is 286 g/mol. The van der Waals surface area contributed by atoms with Crippen molar-refractivity contribution in [3.8, 4) is 0 Å². The van der Waals surface area contributed by atoms with Crippen molar-refractivity contribution in [3.05, 3.63) is 29.6 Å². The summed E-state index contributed by atoms with van der Waals surface area (Å²) in [6, 6.07) is 3.81. The Kier molecular flexibility index (Phi) is 4.23. The Morgan fingerprint density at radius 2 is 2.11 bits per heavy atom. The summed E-state index contributed by atoms with van der Waals surface area (Å²) in [7, 11) is -3.54. The Bertz CT molecular complexity index is 556. The highest BCUT2D eigenvalue weighted by atomic mass is 32.2. The van der Waals surface area contributed by atoms with Gasteiger partial charge in [-0.1, -0.05) is 6.92 Å². The second kappa shape index (κ2) is 5.56. The normalized spacial score (nSPS) is 16.0. The van der Waals surface area contributed by atoms with E-state index >= 15 is 0 Å². The van der Waals surface area contributed by atoms with E-state index in [4.69, 9.17) is 5.73 Å². The molecular formula is C13H19FN2O2S. The van der Waals surface area contributed by atoms with E-state index in [-0.39, 0.29) is 17.0 Å². The Hall–Kier alpha value is -0.980. The standard InChI is InChI=1S/C13H19FN2O2S/c1-2-16(9-10-3-4-10)19(17,18)12-5-6-13(14)11(7-12)8-15/h5-7,10H,2-4,8-9,15H2,1H3. The van der Waals surface area contributed by atoms with Gasteiger partial charge in [-0.2, -0.15) is 4.31 Å². The van der Waals surface area contributed by atoms with E-state index in [2.05, 4.69) is 0 Å². The summed E-state index contributed by atoms with van der Waals surface area (Å²) in [5, 5.41) is 0. The second-order valence-corrected chi connectivity index (χ2v) is 6.79. The van der Waals surface area contributed by atoms with Crippen LogP contribution in [0.2, 0.25) is 0 Å². The lowest BCUT2D eigenvalue weighted by Crippen LogP contribution is -2.32. The van der Waals surface area contributed by atoms with Crippen molar-refractivity contribution in [1.82, 2.24) is 4.31 Å². The van der Waals surface area contributed by atoms with Gasteiger partial charge in [0.15, 0.2) is 0 Å². The maximum absolute atomic E-state index is 13.4. The zero-order valence-electron chi connectivity index (χ0n) is 11.0. The minimum atomic E-state index is -3.54. The molecule has 4 nitrogen and oxygen atoms in total. The highest BCUT2D eigenvalue weighted by Crippen LogP contribution is 2.31. The molecule has 2 rings (SSSR count). The van der Waals surface area contributed by atoms with Crippen LogP contribution in [0.1, 0.15) is 25.3 Å². The van der Waals surface area contributed by atoms with Crippen molar-refractivity contribution < 1.29 is 12.8 Å². The fourth-order valence-corrected chi connectivity index (χ4v) is 3.58. The summed E-state index contributed by atoms with van der Waals surface area (Å²) in [5.41, 5.74) is 5.64. The average Bonchev–Trinajstić information content (AvgIpc) is 3.20. The first-order valence-corrected chi connectivity index (χ1v) is 7.91. The molecule has 0 heterocycles. The van der Waals surface area contributed by atoms with E-state index in [0.29, 0.717) is 19.0 Å². The maximum atomic E-state index is 13.4. The predicted octanol–water partition coefficient (Wildman–Crippen LogP) is 1.71. The van der Waals surface area contributed by atoms with Gasteiger partial charge in [0, 0.05) is 25.2 Å². The minimum Gasteiger partial charge on any atom is -0.326 e. The van der Waals surface area contributed by atoms with Gasteiger partial charge < -0.3 is 5.73 Å². The summed E-state index contributed by atoms with van der Waals surface area (Å²) in [4.78, 5) is 0.122. The number of sulfonamides is 1. The predicted molar refractivity (Wildman–Crippen MR) is 71.4 cm³/mol. The van der Waals surface area contributed by atoms with Gasteiger partial charge in [0.1, 0.15) is 5.82 Å². The van der Waals surface area contributed by atoms with E-state index in [1.54, 1.807) is 0 Å². The van der Waals surface area contributed by atoms with Crippen LogP contribution in [-0.4, -0.2) is 25.8 Å². The van der Waals surface area contributed by atoms with Crippen molar-refractivity contribution in [1.29, 1.82) is 0 Å². The minimum absolute atomic E-state index is 0.00998. The van der Waals surface area contributed by atoms with Crippen LogP contribution in [0.4, 0.5) is 4.39 Å². The van der Waals surface area contributed by atoms with Crippen molar-refractivity contribution >= 4 is 10.0 Å². The van der Waals surface area contributed by atoms with Crippen LogP contribution in [0.3, 0.4) is 0 Å². The lowest BCUT2D eigenvalue weighted by Gasteiger charge is -2.20. The molecular weight excluding hydrogens is 267 g/mol. The number of nitrogens with two attached hydrogens (primary N) is 1. The van der Waals surface area contributed by atoms with Crippen LogP contribution in [0.15, 0.2) is 23.1 Å². The summed E-state index contributed by atoms with van der Waals surface area (Å²) in [5.74, 6) is 0.0100. The van der Waals surface area contributed by atoms with Gasteiger partial charge in [0.25, 0.3) is 0 Å². The average molecular weight is 286 g/mol. The van der Waals surface area contributed by atoms with Crippen LogP contribution >= 0.6 is 0 Å². The highest BCUT2D eigenvalue weighted by Gasteiger charge is 2.30. The fraction of sp³-hybridized carbons (Fsp3) is 0.538. The maximum Gasteiger partial charge on any atom is 0.243 e. The third kappa shape index (κ3) is 3.13. The Morgan fingerprint density at radius 1 is 1.42 bits per heavy atom.